The van der Waals surface area contributed by atoms with E-state index in [-0.39, 0.29) is 5.15 Å². The third kappa shape index (κ3) is 3.00. The first-order valence-electron chi connectivity index (χ1n) is 8.34. The molecule has 144 valence electrons. The topological polar surface area (TPSA) is 92.2 Å². The van der Waals surface area contributed by atoms with Crippen LogP contribution in [0.2, 0.25) is 10.2 Å². The molecule has 9 nitrogen and oxygen atoms in total. The molecule has 0 aliphatic rings. The molecule has 0 saturated heterocycles. The summed E-state index contributed by atoms with van der Waals surface area (Å²) in [5.41, 5.74) is 1.84. The molecule has 0 fully saturated rings. The lowest BCUT2D eigenvalue weighted by atomic mass is 10.3. The number of hydrogen-bond donors (Lipinski definition) is 0. The summed E-state index contributed by atoms with van der Waals surface area (Å²) in [5.74, 6) is 1.39. The first kappa shape index (κ1) is 17.7. The summed E-state index contributed by atoms with van der Waals surface area (Å²) in [4.78, 5) is 12.4. The smallest absolute Gasteiger partial charge is 0.245 e. The molecular formula is C18H11Cl2N7O2. The molecule has 4 aromatic heterocycles. The van der Waals surface area contributed by atoms with Crippen molar-refractivity contribution in [3.8, 4) is 23.1 Å². The highest BCUT2D eigenvalue weighted by atomic mass is 35.5. The summed E-state index contributed by atoms with van der Waals surface area (Å²) in [6.07, 6.45) is 4.59. The fourth-order valence-electron chi connectivity index (χ4n) is 2.90. The molecule has 5 rings (SSSR count). The molecule has 1 aromatic carbocycles. The summed E-state index contributed by atoms with van der Waals surface area (Å²) < 4.78 is 14.4. The molecular weight excluding hydrogens is 417 g/mol. The highest BCUT2D eigenvalue weighted by molar-refractivity contribution is 6.34. The summed E-state index contributed by atoms with van der Waals surface area (Å²) >= 11 is 12.6. The molecule has 0 saturated carbocycles. The van der Waals surface area contributed by atoms with Gasteiger partial charge in [0.1, 0.15) is 34.7 Å². The Bertz CT molecular complexity index is 1370. The van der Waals surface area contributed by atoms with E-state index >= 15 is 0 Å². The third-order valence-electron chi connectivity index (χ3n) is 4.22. The van der Waals surface area contributed by atoms with Gasteiger partial charge in [0, 0.05) is 12.3 Å². The third-order valence-corrected chi connectivity index (χ3v) is 4.80. The zero-order valence-corrected chi connectivity index (χ0v) is 16.3. The van der Waals surface area contributed by atoms with Crippen LogP contribution < -0.4 is 9.47 Å². The van der Waals surface area contributed by atoms with E-state index in [2.05, 4.69) is 25.1 Å². The average Bonchev–Trinajstić information content (AvgIpc) is 3.34. The standard InChI is InChI=1S/C18H11Cl2N7O2/c1-28-18-15-16(20)22-8-23-17(15)27(25-18)10-2-3-13(12(19)6-10)29-11-4-5-26-14(7-11)21-9-24-26/h2-9H,1H3. The van der Waals surface area contributed by atoms with Gasteiger partial charge in [0.2, 0.25) is 5.88 Å². The number of nitrogens with zero attached hydrogens (tertiary/aromatic N) is 7. The van der Waals surface area contributed by atoms with E-state index in [1.807, 2.05) is 0 Å². The van der Waals surface area contributed by atoms with Gasteiger partial charge < -0.3 is 9.47 Å². The number of ether oxygens (including phenoxy) is 2. The number of fused-ring (bicyclic) bond motifs is 2. The molecule has 4 heterocycles. The monoisotopic (exact) mass is 427 g/mol. The summed E-state index contributed by atoms with van der Waals surface area (Å²) in [5, 5.41) is 9.64. The SMILES string of the molecule is COc1nn(-c2ccc(Oc3ccn4ncnc4c3)c(Cl)c2)c2ncnc(Cl)c12. The minimum Gasteiger partial charge on any atom is -0.479 e. The zero-order valence-electron chi connectivity index (χ0n) is 14.8. The number of aromatic nitrogens is 7. The van der Waals surface area contributed by atoms with E-state index in [1.54, 1.807) is 45.7 Å². The van der Waals surface area contributed by atoms with Gasteiger partial charge in [-0.15, -0.1) is 5.10 Å². The van der Waals surface area contributed by atoms with Crippen molar-refractivity contribution in [3.63, 3.8) is 0 Å². The van der Waals surface area contributed by atoms with Crippen LogP contribution in [-0.4, -0.2) is 41.5 Å². The van der Waals surface area contributed by atoms with Crippen LogP contribution in [0.3, 0.4) is 0 Å². The molecule has 0 aliphatic heterocycles. The molecule has 0 bridgehead atoms. The Balaban J connectivity index is 1.53. The van der Waals surface area contributed by atoms with Crippen molar-refractivity contribution in [2.24, 2.45) is 0 Å². The molecule has 0 aliphatic carbocycles. The number of methoxy groups -OCH3 is 1. The Hall–Kier alpha value is -3.43. The van der Waals surface area contributed by atoms with Gasteiger partial charge in [-0.1, -0.05) is 23.2 Å². The maximum absolute atomic E-state index is 6.46. The van der Waals surface area contributed by atoms with E-state index in [0.717, 1.165) is 0 Å². The molecule has 0 amide bonds. The first-order chi connectivity index (χ1) is 14.1. The highest BCUT2D eigenvalue weighted by Gasteiger charge is 2.18. The lowest BCUT2D eigenvalue weighted by Gasteiger charge is -2.10. The Morgan fingerprint density at radius 1 is 1.00 bits per heavy atom. The van der Waals surface area contributed by atoms with Crippen molar-refractivity contribution in [2.75, 3.05) is 7.11 Å². The number of pyridine rings is 1. The van der Waals surface area contributed by atoms with E-state index in [1.165, 1.54) is 19.8 Å². The van der Waals surface area contributed by atoms with E-state index in [4.69, 9.17) is 32.7 Å². The van der Waals surface area contributed by atoms with E-state index in [9.17, 15) is 0 Å². The number of benzene rings is 1. The minimum absolute atomic E-state index is 0.257. The molecule has 0 atom stereocenters. The van der Waals surface area contributed by atoms with Crippen LogP contribution in [0.5, 0.6) is 17.4 Å². The van der Waals surface area contributed by atoms with Gasteiger partial charge in [-0.25, -0.2) is 24.1 Å². The number of halogens is 2. The van der Waals surface area contributed by atoms with Gasteiger partial charge in [0.15, 0.2) is 11.3 Å². The van der Waals surface area contributed by atoms with Crippen LogP contribution in [-0.2, 0) is 0 Å². The Kier molecular flexibility index (Phi) is 4.18. The van der Waals surface area contributed by atoms with Crippen LogP contribution in [0.1, 0.15) is 0 Å². The van der Waals surface area contributed by atoms with Gasteiger partial charge in [0.05, 0.1) is 17.8 Å². The molecule has 0 spiro atoms. The van der Waals surface area contributed by atoms with Crippen molar-refractivity contribution in [3.05, 3.63) is 59.4 Å². The summed E-state index contributed by atoms with van der Waals surface area (Å²) in [6, 6.07) is 8.81. The zero-order chi connectivity index (χ0) is 20.0. The lowest BCUT2D eigenvalue weighted by Crippen LogP contribution is -1.99. The van der Waals surface area contributed by atoms with Gasteiger partial charge in [-0.3, -0.25) is 0 Å². The van der Waals surface area contributed by atoms with Gasteiger partial charge in [-0.2, -0.15) is 5.10 Å². The fraction of sp³-hybridized carbons (Fsp3) is 0.0556. The van der Waals surface area contributed by atoms with Gasteiger partial charge >= 0.3 is 0 Å². The number of rotatable bonds is 4. The van der Waals surface area contributed by atoms with Gasteiger partial charge in [0.25, 0.3) is 0 Å². The second kappa shape index (κ2) is 6.87. The average molecular weight is 428 g/mol. The molecule has 5 aromatic rings. The lowest BCUT2D eigenvalue weighted by molar-refractivity contribution is 0.398. The van der Waals surface area contributed by atoms with E-state index < -0.39 is 0 Å². The van der Waals surface area contributed by atoms with Crippen LogP contribution in [0.4, 0.5) is 0 Å². The highest BCUT2D eigenvalue weighted by Crippen LogP contribution is 2.34. The Labute approximate surface area is 173 Å². The molecule has 29 heavy (non-hydrogen) atoms. The van der Waals surface area contributed by atoms with Crippen LogP contribution >= 0.6 is 23.2 Å². The van der Waals surface area contributed by atoms with Crippen LogP contribution in [0, 0.1) is 0 Å². The maximum atomic E-state index is 6.46. The summed E-state index contributed by atoms with van der Waals surface area (Å²) in [6.45, 7) is 0. The minimum atomic E-state index is 0.257. The second-order valence-electron chi connectivity index (χ2n) is 5.93. The quantitative estimate of drug-likeness (QED) is 0.400. The van der Waals surface area contributed by atoms with Crippen molar-refractivity contribution in [2.45, 2.75) is 0 Å². The number of hydrogen-bond acceptors (Lipinski definition) is 7. The summed E-state index contributed by atoms with van der Waals surface area (Å²) in [7, 11) is 1.51. The fourth-order valence-corrected chi connectivity index (χ4v) is 3.32. The van der Waals surface area contributed by atoms with E-state index in [0.29, 0.717) is 44.8 Å². The Morgan fingerprint density at radius 2 is 1.90 bits per heavy atom. The molecule has 11 heteroatoms. The van der Waals surface area contributed by atoms with Crippen molar-refractivity contribution in [1.82, 2.24) is 34.3 Å². The van der Waals surface area contributed by atoms with Crippen LogP contribution in [0.25, 0.3) is 22.4 Å². The van der Waals surface area contributed by atoms with Crippen molar-refractivity contribution < 1.29 is 9.47 Å². The maximum Gasteiger partial charge on any atom is 0.245 e. The second-order valence-corrected chi connectivity index (χ2v) is 6.69. The molecule has 0 unspecified atom stereocenters. The Morgan fingerprint density at radius 3 is 2.72 bits per heavy atom. The normalized spacial score (nSPS) is 11.3. The molecule has 0 N–H and O–H groups in total. The largest absolute Gasteiger partial charge is 0.479 e. The first-order valence-corrected chi connectivity index (χ1v) is 9.10. The molecule has 0 radical (unpaired) electrons. The predicted molar refractivity (Wildman–Crippen MR) is 106 cm³/mol. The van der Waals surface area contributed by atoms with Crippen LogP contribution in [0.15, 0.2) is 49.2 Å². The van der Waals surface area contributed by atoms with Crippen molar-refractivity contribution in [1.29, 1.82) is 0 Å². The van der Waals surface area contributed by atoms with Gasteiger partial charge in [-0.05, 0) is 24.3 Å². The van der Waals surface area contributed by atoms with Crippen molar-refractivity contribution >= 4 is 39.9 Å². The predicted octanol–water partition coefficient (Wildman–Crippen LogP) is 3.97.